The summed E-state index contributed by atoms with van der Waals surface area (Å²) in [5.41, 5.74) is -0.0777. The van der Waals surface area contributed by atoms with Gasteiger partial charge in [0.05, 0.1) is 17.8 Å². The van der Waals surface area contributed by atoms with Crippen LogP contribution in [0.25, 0.3) is 6.08 Å². The van der Waals surface area contributed by atoms with Crippen molar-refractivity contribution in [1.29, 1.82) is 0 Å². The van der Waals surface area contributed by atoms with E-state index in [1.54, 1.807) is 5.38 Å². The highest BCUT2D eigenvalue weighted by Gasteiger charge is 2.53. The largest absolute Gasteiger partial charge is 0.352 e. The van der Waals surface area contributed by atoms with Gasteiger partial charge in [0.25, 0.3) is 15.9 Å². The van der Waals surface area contributed by atoms with Gasteiger partial charge >= 0.3 is 11.8 Å². The van der Waals surface area contributed by atoms with Gasteiger partial charge in [-0.15, -0.1) is 11.3 Å². The van der Waals surface area contributed by atoms with Crippen molar-refractivity contribution >= 4 is 68.1 Å². The molecule has 0 spiro atoms. The molecule has 0 unspecified atom stereocenters. The van der Waals surface area contributed by atoms with Gasteiger partial charge in [-0.3, -0.25) is 9.59 Å². The molecule has 34 heavy (non-hydrogen) atoms. The minimum Gasteiger partial charge on any atom is -0.301 e. The van der Waals surface area contributed by atoms with Crippen molar-refractivity contribution in [2.45, 2.75) is 16.7 Å². The Bertz CT molecular complexity index is 1400. The molecule has 176 valence electrons. The molecule has 4 rings (SSSR count). The molecule has 0 saturated carbocycles. The molecule has 1 aromatic heterocycles. The zero-order valence-electron chi connectivity index (χ0n) is 17.0. The second-order valence-electron chi connectivity index (χ2n) is 7.22. The second-order valence-corrected chi connectivity index (χ2v) is 11.0. The van der Waals surface area contributed by atoms with Gasteiger partial charge in [-0.25, -0.2) is 13.1 Å². The summed E-state index contributed by atoms with van der Waals surface area (Å²) in [7, 11) is -4.06. The number of amides is 2. The van der Waals surface area contributed by atoms with Gasteiger partial charge in [-0.05, 0) is 46.8 Å². The Balaban J connectivity index is 1.66. The third-order valence-corrected chi connectivity index (χ3v) is 8.04. The molecule has 0 atom stereocenters. The van der Waals surface area contributed by atoms with Crippen LogP contribution in [-0.2, 0) is 32.1 Å². The number of alkyl halides is 2. The number of carbonyl (C=O) groups is 2. The Labute approximate surface area is 207 Å². The summed E-state index contributed by atoms with van der Waals surface area (Å²) in [4.78, 5) is 25.7. The molecule has 0 saturated heterocycles. The van der Waals surface area contributed by atoms with Crippen LogP contribution >= 0.6 is 34.5 Å². The summed E-state index contributed by atoms with van der Waals surface area (Å²) in [6.45, 7) is -0.245. The number of carbonyl (C=O) groups excluding carboxylic acids is 2. The van der Waals surface area contributed by atoms with Crippen LogP contribution in [0, 0.1) is 0 Å². The number of rotatable bonds is 6. The fraction of sp³-hybridized carbons (Fsp3) is 0.0909. The van der Waals surface area contributed by atoms with Crippen molar-refractivity contribution in [3.63, 3.8) is 0 Å². The molecule has 0 fully saturated rings. The Morgan fingerprint density at radius 1 is 1.12 bits per heavy atom. The predicted octanol–water partition coefficient (Wildman–Crippen LogP) is 5.21. The number of benzene rings is 2. The minimum atomic E-state index is -4.06. The number of nitrogens with one attached hydrogen (secondary N) is 1. The van der Waals surface area contributed by atoms with Gasteiger partial charge in [-0.1, -0.05) is 47.5 Å². The van der Waals surface area contributed by atoms with Gasteiger partial charge in [0.1, 0.15) is 4.21 Å². The third-order valence-electron chi connectivity index (χ3n) is 4.86. The lowest BCUT2D eigenvalue weighted by Crippen LogP contribution is -2.34. The van der Waals surface area contributed by atoms with Crippen molar-refractivity contribution in [2.75, 3.05) is 4.90 Å². The molecular weight excluding hydrogens is 529 g/mol. The highest BCUT2D eigenvalue weighted by atomic mass is 35.5. The molecule has 12 heteroatoms. The monoisotopic (exact) mass is 542 g/mol. The van der Waals surface area contributed by atoms with Crippen LogP contribution in [-0.4, -0.2) is 20.2 Å². The molecular formula is C22H14Cl2F2N2O4S2. The molecule has 2 heterocycles. The molecule has 0 bridgehead atoms. The van der Waals surface area contributed by atoms with Crippen molar-refractivity contribution < 1.29 is 26.8 Å². The van der Waals surface area contributed by atoms with Crippen LogP contribution in [0.5, 0.6) is 0 Å². The van der Waals surface area contributed by atoms with E-state index < -0.39 is 33.3 Å². The summed E-state index contributed by atoms with van der Waals surface area (Å²) in [5.74, 6) is -6.20. The van der Waals surface area contributed by atoms with E-state index in [1.807, 2.05) is 4.72 Å². The Morgan fingerprint density at radius 2 is 1.82 bits per heavy atom. The summed E-state index contributed by atoms with van der Waals surface area (Å²) in [6, 6.07) is 11.2. The number of nitrogens with zero attached hydrogens (tertiary/aromatic N) is 1. The molecule has 0 radical (unpaired) electrons. The van der Waals surface area contributed by atoms with Crippen LogP contribution in [0.3, 0.4) is 0 Å². The number of thiophene rings is 1. The SMILES string of the molecule is O=C(/C=C/c1cccc2c1N(Cc1cc(Cl)cc(Cl)c1)C(=O)C2(F)F)NS(=O)(=O)c1cccs1. The number of halogens is 4. The maximum atomic E-state index is 14.8. The van der Waals surface area contributed by atoms with E-state index >= 15 is 0 Å². The first kappa shape index (κ1) is 24.3. The predicted molar refractivity (Wildman–Crippen MR) is 127 cm³/mol. The van der Waals surface area contributed by atoms with Gasteiger partial charge in [0.2, 0.25) is 0 Å². The standard InChI is InChI=1S/C22H14Cl2F2N2O4S2/c23-15-9-13(10-16(24)11-15)12-28-20-14(3-1-4-17(20)22(25,26)21(28)30)6-7-18(29)27-34(31,32)19-5-2-8-33-19/h1-11H,12H2,(H,27,29)/b7-6+. The van der Waals surface area contributed by atoms with Crippen LogP contribution in [0.15, 0.2) is 64.2 Å². The molecule has 1 N–H and O–H groups in total. The van der Waals surface area contributed by atoms with Gasteiger partial charge in [0, 0.05) is 16.1 Å². The van der Waals surface area contributed by atoms with Crippen molar-refractivity contribution in [3.05, 3.63) is 86.7 Å². The van der Waals surface area contributed by atoms with Crippen LogP contribution < -0.4 is 9.62 Å². The summed E-state index contributed by atoms with van der Waals surface area (Å²) in [5, 5.41) is 2.09. The number of fused-ring (bicyclic) bond motifs is 1. The number of anilines is 1. The average Bonchev–Trinajstić information content (AvgIpc) is 3.35. The number of hydrogen-bond donors (Lipinski definition) is 1. The molecule has 0 aliphatic carbocycles. The lowest BCUT2D eigenvalue weighted by atomic mass is 10.0. The van der Waals surface area contributed by atoms with Gasteiger partial charge in [-0.2, -0.15) is 8.78 Å². The Morgan fingerprint density at radius 3 is 2.47 bits per heavy atom. The maximum Gasteiger partial charge on any atom is 0.352 e. The quantitative estimate of drug-likeness (QED) is 0.433. The summed E-state index contributed by atoms with van der Waals surface area (Å²) < 4.78 is 55.8. The average molecular weight is 543 g/mol. The topological polar surface area (TPSA) is 83.6 Å². The van der Waals surface area contributed by atoms with Crippen LogP contribution in [0.2, 0.25) is 10.0 Å². The molecule has 1 aliphatic rings. The van der Waals surface area contributed by atoms with E-state index in [-0.39, 0.29) is 32.1 Å². The summed E-state index contributed by atoms with van der Waals surface area (Å²) >= 11 is 12.9. The lowest BCUT2D eigenvalue weighted by Gasteiger charge is -2.19. The number of sulfonamides is 1. The van der Waals surface area contributed by atoms with Crippen molar-refractivity contribution in [1.82, 2.24) is 4.72 Å². The fourth-order valence-electron chi connectivity index (χ4n) is 3.47. The zero-order valence-corrected chi connectivity index (χ0v) is 20.1. The highest BCUT2D eigenvalue weighted by molar-refractivity contribution is 7.92. The first-order chi connectivity index (χ1) is 16.0. The minimum absolute atomic E-state index is 0.0496. The number of para-hydroxylation sites is 1. The highest BCUT2D eigenvalue weighted by Crippen LogP contribution is 2.47. The van der Waals surface area contributed by atoms with E-state index in [1.165, 1.54) is 48.5 Å². The van der Waals surface area contributed by atoms with Crippen molar-refractivity contribution in [3.8, 4) is 0 Å². The van der Waals surface area contributed by atoms with Gasteiger partial charge < -0.3 is 4.90 Å². The summed E-state index contributed by atoms with van der Waals surface area (Å²) in [6.07, 6.45) is 2.07. The number of hydrogen-bond acceptors (Lipinski definition) is 5. The fourth-order valence-corrected chi connectivity index (χ4v) is 5.98. The van der Waals surface area contributed by atoms with E-state index in [4.69, 9.17) is 23.2 Å². The Kier molecular flexibility index (Phi) is 6.52. The zero-order chi connectivity index (χ0) is 24.7. The van der Waals surface area contributed by atoms with Crippen molar-refractivity contribution in [2.24, 2.45) is 0 Å². The molecule has 2 aromatic carbocycles. The first-order valence-electron chi connectivity index (χ1n) is 9.55. The van der Waals surface area contributed by atoms with E-state index in [2.05, 4.69) is 0 Å². The normalized spacial score (nSPS) is 15.1. The Hall–Kier alpha value is -2.79. The van der Waals surface area contributed by atoms with E-state index in [9.17, 15) is 26.8 Å². The molecule has 3 aromatic rings. The van der Waals surface area contributed by atoms with Crippen LogP contribution in [0.4, 0.5) is 14.5 Å². The lowest BCUT2D eigenvalue weighted by molar-refractivity contribution is -0.141. The first-order valence-corrected chi connectivity index (χ1v) is 12.7. The third kappa shape index (κ3) is 4.72. The smallest absolute Gasteiger partial charge is 0.301 e. The van der Waals surface area contributed by atoms with Crippen LogP contribution in [0.1, 0.15) is 16.7 Å². The molecule has 2 amide bonds. The molecule has 6 nitrogen and oxygen atoms in total. The van der Waals surface area contributed by atoms with Gasteiger partial charge in [0.15, 0.2) is 0 Å². The molecule has 1 aliphatic heterocycles. The van der Waals surface area contributed by atoms with E-state index in [0.717, 1.165) is 28.4 Å². The van der Waals surface area contributed by atoms with E-state index in [0.29, 0.717) is 5.56 Å². The maximum absolute atomic E-state index is 14.8. The second kappa shape index (κ2) is 9.10.